The van der Waals surface area contributed by atoms with Crippen LogP contribution in [-0.4, -0.2) is 25.5 Å². The molecule has 1 aromatic carbocycles. The van der Waals surface area contributed by atoms with E-state index in [1.165, 1.54) is 0 Å². The quantitative estimate of drug-likeness (QED) is 0.305. The van der Waals surface area contributed by atoms with Crippen molar-refractivity contribution in [2.24, 2.45) is 5.92 Å². The molecule has 0 radical (unpaired) electrons. The molecule has 1 atom stereocenters. The van der Waals surface area contributed by atoms with E-state index in [4.69, 9.17) is 0 Å². The Morgan fingerprint density at radius 3 is 2.36 bits per heavy atom. The van der Waals surface area contributed by atoms with E-state index in [1.807, 2.05) is 13.8 Å². The van der Waals surface area contributed by atoms with E-state index >= 15 is 0 Å². The van der Waals surface area contributed by atoms with Crippen LogP contribution in [0.3, 0.4) is 0 Å². The summed E-state index contributed by atoms with van der Waals surface area (Å²) in [4.78, 5) is 47.0. The first-order valence-corrected chi connectivity index (χ1v) is 9.78. The monoisotopic (exact) mass is 499 g/mol. The van der Waals surface area contributed by atoms with Gasteiger partial charge in [-0.05, 0) is 30.0 Å². The van der Waals surface area contributed by atoms with E-state index in [0.29, 0.717) is 27.5 Å². The molecule has 1 unspecified atom stereocenters. The van der Waals surface area contributed by atoms with E-state index in [9.17, 15) is 23.9 Å². The minimum absolute atomic E-state index is 0. The molecule has 25 heavy (non-hydrogen) atoms. The summed E-state index contributed by atoms with van der Waals surface area (Å²) in [6, 6.07) is 3.36. The zero-order valence-corrected chi connectivity index (χ0v) is 17.8. The summed E-state index contributed by atoms with van der Waals surface area (Å²) in [5.74, 6) is -0.883. The third-order valence-electron chi connectivity index (χ3n) is 3.51. The molecule has 8 nitrogen and oxygen atoms in total. The molecule has 2 aromatic rings. The van der Waals surface area contributed by atoms with Crippen molar-refractivity contribution >= 4 is 51.5 Å². The number of H-pyrrole nitrogens is 2. The normalized spacial score (nSPS) is 13.0. The second-order valence-corrected chi connectivity index (χ2v) is 8.73. The Balaban J connectivity index is 0.00000312. The Morgan fingerprint density at radius 2 is 1.80 bits per heavy atom. The lowest BCUT2D eigenvalue weighted by atomic mass is 10.1. The van der Waals surface area contributed by atoms with E-state index in [0.717, 1.165) is 0 Å². The number of aromatic nitrogens is 2. The van der Waals surface area contributed by atoms with Crippen LogP contribution in [0.2, 0.25) is 0 Å². The number of nitrogens with one attached hydrogen (secondary N) is 3. The lowest BCUT2D eigenvalue weighted by molar-refractivity contribution is 0.331. The highest BCUT2D eigenvalue weighted by atomic mass is 79.9. The standard InChI is InChI=1S/C14H19BrN3O5P.BrH/c1-7(2)3-11(24(21,22)23)16-6-8-4-9(15)5-10-12(8)18-14(20)13(19)17-10;/h4-5,7,11,16H,3,6H2,1-2H3,(H,17,19)(H,18,20)(H2,21,22,23);1H. The van der Waals surface area contributed by atoms with Crippen LogP contribution in [0.25, 0.3) is 11.0 Å². The van der Waals surface area contributed by atoms with Gasteiger partial charge in [-0.25, -0.2) is 0 Å². The molecule has 0 aliphatic rings. The Hall–Kier alpha value is -0.770. The number of aromatic amines is 2. The van der Waals surface area contributed by atoms with Crippen LogP contribution < -0.4 is 16.4 Å². The number of fused-ring (bicyclic) bond motifs is 1. The van der Waals surface area contributed by atoms with E-state index < -0.39 is 24.5 Å². The largest absolute Gasteiger partial charge is 0.342 e. The molecular formula is C14H20Br2N3O5P. The fourth-order valence-corrected chi connectivity index (χ4v) is 3.94. The molecule has 0 saturated heterocycles. The van der Waals surface area contributed by atoms with Gasteiger partial charge in [-0.3, -0.25) is 19.5 Å². The average molecular weight is 501 g/mol. The van der Waals surface area contributed by atoms with Crippen molar-refractivity contribution in [2.75, 3.05) is 0 Å². The average Bonchev–Trinajstić information content (AvgIpc) is 2.43. The Morgan fingerprint density at radius 1 is 1.20 bits per heavy atom. The fourth-order valence-electron chi connectivity index (χ4n) is 2.41. The van der Waals surface area contributed by atoms with Gasteiger partial charge in [0.05, 0.1) is 11.0 Å². The van der Waals surface area contributed by atoms with Crippen molar-refractivity contribution in [3.8, 4) is 0 Å². The minimum Gasteiger partial charge on any atom is -0.323 e. The van der Waals surface area contributed by atoms with Gasteiger partial charge in [0.2, 0.25) is 0 Å². The first-order chi connectivity index (χ1) is 11.1. The van der Waals surface area contributed by atoms with E-state index in [-0.39, 0.29) is 29.4 Å². The van der Waals surface area contributed by atoms with Crippen molar-refractivity contribution in [1.82, 2.24) is 15.3 Å². The van der Waals surface area contributed by atoms with Crippen molar-refractivity contribution < 1.29 is 14.4 Å². The van der Waals surface area contributed by atoms with Crippen LogP contribution in [0.5, 0.6) is 0 Å². The number of benzene rings is 1. The summed E-state index contributed by atoms with van der Waals surface area (Å²) in [7, 11) is -4.31. The number of hydrogen-bond donors (Lipinski definition) is 5. The van der Waals surface area contributed by atoms with Crippen LogP contribution >= 0.6 is 40.5 Å². The summed E-state index contributed by atoms with van der Waals surface area (Å²) in [6.07, 6.45) is 0.309. The maximum absolute atomic E-state index is 11.6. The zero-order chi connectivity index (χ0) is 18.1. The molecule has 0 saturated carbocycles. The van der Waals surface area contributed by atoms with Gasteiger partial charge in [0.25, 0.3) is 0 Å². The number of hydrogen-bond acceptors (Lipinski definition) is 4. The molecule has 5 N–H and O–H groups in total. The minimum atomic E-state index is -4.31. The molecule has 0 amide bonds. The van der Waals surface area contributed by atoms with Crippen molar-refractivity contribution in [2.45, 2.75) is 32.6 Å². The van der Waals surface area contributed by atoms with Gasteiger partial charge >= 0.3 is 18.7 Å². The molecule has 0 spiro atoms. The predicted molar refractivity (Wildman–Crippen MR) is 105 cm³/mol. The van der Waals surface area contributed by atoms with E-state index in [2.05, 4.69) is 31.2 Å². The van der Waals surface area contributed by atoms with Crippen molar-refractivity contribution in [3.05, 3.63) is 42.9 Å². The molecule has 11 heteroatoms. The van der Waals surface area contributed by atoms with Crippen LogP contribution in [0.4, 0.5) is 0 Å². The molecule has 0 aliphatic heterocycles. The first kappa shape index (κ1) is 22.3. The third kappa shape index (κ3) is 5.87. The van der Waals surface area contributed by atoms with Crippen LogP contribution in [-0.2, 0) is 11.1 Å². The highest BCUT2D eigenvalue weighted by Crippen LogP contribution is 2.42. The predicted octanol–water partition coefficient (Wildman–Crippen LogP) is 2.20. The topological polar surface area (TPSA) is 135 Å². The Kier molecular flexibility index (Phi) is 7.79. The smallest absolute Gasteiger partial charge is 0.323 e. The van der Waals surface area contributed by atoms with Crippen LogP contribution in [0.1, 0.15) is 25.8 Å². The SMILES string of the molecule is Br.CC(C)CC(NCc1cc(Br)cc2[nH]c(=O)c(=O)[nH]c12)P(=O)(O)O. The number of rotatable bonds is 6. The highest BCUT2D eigenvalue weighted by molar-refractivity contribution is 9.10. The van der Waals surface area contributed by atoms with Gasteiger partial charge in [-0.2, -0.15) is 0 Å². The second-order valence-electron chi connectivity index (χ2n) is 6.01. The van der Waals surface area contributed by atoms with Crippen molar-refractivity contribution in [3.63, 3.8) is 0 Å². The molecule has 0 aliphatic carbocycles. The lowest BCUT2D eigenvalue weighted by Gasteiger charge is -2.22. The first-order valence-electron chi connectivity index (χ1n) is 7.31. The molecule has 1 aromatic heterocycles. The van der Waals surface area contributed by atoms with Gasteiger partial charge in [0.1, 0.15) is 5.78 Å². The summed E-state index contributed by atoms with van der Waals surface area (Å²) >= 11 is 3.32. The van der Waals surface area contributed by atoms with Gasteiger partial charge in [-0.15, -0.1) is 17.0 Å². The zero-order valence-electron chi connectivity index (χ0n) is 13.6. The Bertz CT molecular complexity index is 905. The summed E-state index contributed by atoms with van der Waals surface area (Å²) in [5.41, 5.74) is -0.0752. The maximum Gasteiger partial charge on any atom is 0.342 e. The molecule has 0 bridgehead atoms. The van der Waals surface area contributed by atoms with Crippen molar-refractivity contribution in [1.29, 1.82) is 0 Å². The molecule has 1 heterocycles. The fraction of sp³-hybridized carbons (Fsp3) is 0.429. The van der Waals surface area contributed by atoms with E-state index in [1.54, 1.807) is 12.1 Å². The molecule has 2 rings (SSSR count). The maximum atomic E-state index is 11.6. The third-order valence-corrected chi connectivity index (χ3v) is 5.17. The second kappa shape index (κ2) is 8.75. The summed E-state index contributed by atoms with van der Waals surface area (Å²) in [5, 5.41) is 2.86. The lowest BCUT2D eigenvalue weighted by Crippen LogP contribution is -2.31. The van der Waals surface area contributed by atoms with Gasteiger partial charge < -0.3 is 19.8 Å². The van der Waals surface area contributed by atoms with Gasteiger partial charge in [0.15, 0.2) is 0 Å². The molecular weight excluding hydrogens is 481 g/mol. The van der Waals surface area contributed by atoms with Crippen LogP contribution in [0.15, 0.2) is 26.2 Å². The summed E-state index contributed by atoms with van der Waals surface area (Å²) < 4.78 is 12.3. The van der Waals surface area contributed by atoms with Gasteiger partial charge in [0, 0.05) is 11.0 Å². The molecule has 0 fully saturated rings. The molecule has 140 valence electrons. The van der Waals surface area contributed by atoms with Crippen LogP contribution in [0, 0.1) is 5.92 Å². The highest BCUT2D eigenvalue weighted by Gasteiger charge is 2.29. The summed E-state index contributed by atoms with van der Waals surface area (Å²) in [6.45, 7) is 3.88. The van der Waals surface area contributed by atoms with Gasteiger partial charge in [-0.1, -0.05) is 29.8 Å². The Labute approximate surface area is 162 Å². The number of halogens is 2.